The van der Waals surface area contributed by atoms with E-state index < -0.39 is 0 Å². The number of aryl methyl sites for hydroxylation is 2. The molecule has 0 aliphatic carbocycles. The standard InChI is InChI=1S/C15H15N5S/c1-10-6-14(21-19-10)13-5-3-4-12(7-13)8-17-20-9-11(2)18-15(20)16/h3-9H,1-2H3,(H2,16,18). The average Bonchev–Trinajstić information content (AvgIpc) is 3.03. The molecule has 3 aromatic rings. The van der Waals surface area contributed by atoms with Crippen molar-refractivity contribution >= 4 is 23.7 Å². The van der Waals surface area contributed by atoms with Crippen molar-refractivity contribution in [2.45, 2.75) is 13.8 Å². The Morgan fingerprint density at radius 1 is 1.24 bits per heavy atom. The SMILES string of the molecule is Cc1cc(-c2cccc(C=Nn3cc(C)nc3N)c2)sn1. The molecule has 106 valence electrons. The molecule has 2 aromatic heterocycles. The number of anilines is 1. The fourth-order valence-electron chi connectivity index (χ4n) is 2.00. The highest BCUT2D eigenvalue weighted by molar-refractivity contribution is 7.09. The van der Waals surface area contributed by atoms with Gasteiger partial charge in [0.25, 0.3) is 0 Å². The number of nitrogen functional groups attached to an aromatic ring is 1. The lowest BCUT2D eigenvalue weighted by Gasteiger charge is -1.99. The fourth-order valence-corrected chi connectivity index (χ4v) is 2.75. The van der Waals surface area contributed by atoms with E-state index >= 15 is 0 Å². The van der Waals surface area contributed by atoms with Gasteiger partial charge in [-0.1, -0.05) is 18.2 Å². The number of hydrogen-bond acceptors (Lipinski definition) is 5. The van der Waals surface area contributed by atoms with Crippen molar-refractivity contribution in [3.8, 4) is 10.4 Å². The van der Waals surface area contributed by atoms with Crippen molar-refractivity contribution in [2.24, 2.45) is 5.10 Å². The maximum atomic E-state index is 5.76. The predicted molar refractivity (Wildman–Crippen MR) is 86.7 cm³/mol. The van der Waals surface area contributed by atoms with Crippen LogP contribution in [0.4, 0.5) is 5.95 Å². The molecule has 0 fully saturated rings. The third kappa shape index (κ3) is 3.00. The van der Waals surface area contributed by atoms with Gasteiger partial charge in [-0.05, 0) is 48.6 Å². The number of rotatable bonds is 3. The third-order valence-electron chi connectivity index (χ3n) is 2.97. The van der Waals surface area contributed by atoms with Gasteiger partial charge in [-0.25, -0.2) is 9.66 Å². The van der Waals surface area contributed by atoms with Crippen molar-refractivity contribution in [2.75, 3.05) is 5.73 Å². The minimum absolute atomic E-state index is 0.387. The van der Waals surface area contributed by atoms with E-state index in [0.29, 0.717) is 5.95 Å². The summed E-state index contributed by atoms with van der Waals surface area (Å²) in [5.41, 5.74) is 9.79. The van der Waals surface area contributed by atoms with Crippen molar-refractivity contribution in [3.05, 3.63) is 53.5 Å². The number of nitrogens with two attached hydrogens (primary N) is 1. The second kappa shape index (κ2) is 5.49. The van der Waals surface area contributed by atoms with E-state index in [2.05, 4.69) is 32.7 Å². The molecule has 0 amide bonds. The maximum Gasteiger partial charge on any atom is 0.221 e. The van der Waals surface area contributed by atoms with Crippen LogP contribution in [0.15, 0.2) is 41.6 Å². The summed E-state index contributed by atoms with van der Waals surface area (Å²) in [6, 6.07) is 10.2. The average molecular weight is 297 g/mol. The van der Waals surface area contributed by atoms with E-state index in [-0.39, 0.29) is 0 Å². The van der Waals surface area contributed by atoms with Gasteiger partial charge in [0, 0.05) is 0 Å². The first-order valence-electron chi connectivity index (χ1n) is 6.51. The highest BCUT2D eigenvalue weighted by atomic mass is 32.1. The van der Waals surface area contributed by atoms with Crippen LogP contribution in [0.25, 0.3) is 10.4 Å². The van der Waals surface area contributed by atoms with Crippen LogP contribution >= 0.6 is 11.5 Å². The first-order chi connectivity index (χ1) is 10.1. The number of hydrogen-bond donors (Lipinski definition) is 1. The van der Waals surface area contributed by atoms with Gasteiger partial charge >= 0.3 is 0 Å². The molecule has 21 heavy (non-hydrogen) atoms. The molecule has 1 aromatic carbocycles. The molecule has 0 unspecified atom stereocenters. The van der Waals surface area contributed by atoms with Gasteiger partial charge in [-0.3, -0.25) is 0 Å². The van der Waals surface area contributed by atoms with Crippen LogP contribution in [-0.4, -0.2) is 20.2 Å². The Kier molecular flexibility index (Phi) is 3.53. The summed E-state index contributed by atoms with van der Waals surface area (Å²) in [7, 11) is 0. The van der Waals surface area contributed by atoms with Crippen molar-refractivity contribution in [1.82, 2.24) is 14.0 Å². The molecule has 0 saturated heterocycles. The highest BCUT2D eigenvalue weighted by Gasteiger charge is 2.03. The summed E-state index contributed by atoms with van der Waals surface area (Å²) in [6.07, 6.45) is 3.57. The molecule has 0 radical (unpaired) electrons. The van der Waals surface area contributed by atoms with Gasteiger partial charge < -0.3 is 5.73 Å². The second-order valence-corrected chi connectivity index (χ2v) is 5.59. The molecule has 0 spiro atoms. The van der Waals surface area contributed by atoms with Crippen LogP contribution in [-0.2, 0) is 0 Å². The van der Waals surface area contributed by atoms with Crippen LogP contribution in [0.1, 0.15) is 17.0 Å². The number of aromatic nitrogens is 3. The van der Waals surface area contributed by atoms with Gasteiger partial charge in [0.15, 0.2) is 0 Å². The molecule has 2 heterocycles. The molecule has 2 N–H and O–H groups in total. The monoisotopic (exact) mass is 297 g/mol. The van der Waals surface area contributed by atoms with E-state index in [1.165, 1.54) is 11.5 Å². The van der Waals surface area contributed by atoms with E-state index in [1.54, 1.807) is 17.1 Å². The first kappa shape index (κ1) is 13.5. The van der Waals surface area contributed by atoms with Crippen LogP contribution in [0.2, 0.25) is 0 Å². The molecule has 0 bridgehead atoms. The molecular weight excluding hydrogens is 282 g/mol. The molecule has 6 heteroatoms. The zero-order chi connectivity index (χ0) is 14.8. The molecule has 5 nitrogen and oxygen atoms in total. The van der Waals surface area contributed by atoms with Crippen LogP contribution in [0.5, 0.6) is 0 Å². The summed E-state index contributed by atoms with van der Waals surface area (Å²) in [6.45, 7) is 3.88. The normalized spacial score (nSPS) is 11.3. The van der Waals surface area contributed by atoms with Crippen LogP contribution < -0.4 is 5.73 Å². The number of imidazole rings is 1. The smallest absolute Gasteiger partial charge is 0.221 e. The van der Waals surface area contributed by atoms with Gasteiger partial charge in [0.2, 0.25) is 5.95 Å². The molecule has 0 saturated carbocycles. The van der Waals surface area contributed by atoms with Crippen molar-refractivity contribution < 1.29 is 0 Å². The molecule has 0 aliphatic heterocycles. The lowest BCUT2D eigenvalue weighted by molar-refractivity contribution is 0.897. The van der Waals surface area contributed by atoms with Gasteiger partial charge in [-0.15, -0.1) is 0 Å². The Labute approximate surface area is 126 Å². The highest BCUT2D eigenvalue weighted by Crippen LogP contribution is 2.24. The second-order valence-electron chi connectivity index (χ2n) is 4.79. The van der Waals surface area contributed by atoms with Crippen LogP contribution in [0, 0.1) is 13.8 Å². The summed E-state index contributed by atoms with van der Waals surface area (Å²) in [5, 5.41) is 4.33. The Morgan fingerprint density at radius 2 is 2.10 bits per heavy atom. The third-order valence-corrected chi connectivity index (χ3v) is 3.89. The van der Waals surface area contributed by atoms with Crippen LogP contribution in [0.3, 0.4) is 0 Å². The Balaban J connectivity index is 1.88. The summed E-state index contributed by atoms with van der Waals surface area (Å²) in [4.78, 5) is 5.27. The Morgan fingerprint density at radius 3 is 2.76 bits per heavy atom. The summed E-state index contributed by atoms with van der Waals surface area (Å²) < 4.78 is 5.88. The Bertz CT molecular complexity index is 800. The number of benzene rings is 1. The lowest BCUT2D eigenvalue weighted by Crippen LogP contribution is -1.96. The minimum Gasteiger partial charge on any atom is -0.368 e. The first-order valence-corrected chi connectivity index (χ1v) is 7.29. The Hall–Kier alpha value is -2.47. The van der Waals surface area contributed by atoms with Crippen molar-refractivity contribution in [1.29, 1.82) is 0 Å². The van der Waals surface area contributed by atoms with E-state index in [4.69, 9.17) is 5.73 Å². The minimum atomic E-state index is 0.387. The number of nitrogens with zero attached hydrogens (tertiary/aromatic N) is 4. The van der Waals surface area contributed by atoms with Gasteiger partial charge in [0.05, 0.1) is 28.7 Å². The van der Waals surface area contributed by atoms with Gasteiger partial charge in [0.1, 0.15) is 0 Å². The van der Waals surface area contributed by atoms with E-state index in [9.17, 15) is 0 Å². The maximum absolute atomic E-state index is 5.76. The molecule has 0 atom stereocenters. The summed E-state index contributed by atoms with van der Waals surface area (Å²) >= 11 is 1.50. The largest absolute Gasteiger partial charge is 0.368 e. The topological polar surface area (TPSA) is 69.1 Å². The lowest BCUT2D eigenvalue weighted by atomic mass is 10.1. The van der Waals surface area contributed by atoms with E-state index in [0.717, 1.165) is 27.4 Å². The van der Waals surface area contributed by atoms with Crippen molar-refractivity contribution in [3.63, 3.8) is 0 Å². The molecular formula is C15H15N5S. The summed E-state index contributed by atoms with van der Waals surface area (Å²) in [5.74, 6) is 0.387. The molecule has 0 aliphatic rings. The zero-order valence-corrected chi connectivity index (χ0v) is 12.6. The van der Waals surface area contributed by atoms with Gasteiger partial charge in [-0.2, -0.15) is 9.47 Å². The van der Waals surface area contributed by atoms with E-state index in [1.807, 2.05) is 26.0 Å². The zero-order valence-electron chi connectivity index (χ0n) is 11.8. The quantitative estimate of drug-likeness (QED) is 0.755. The fraction of sp³-hybridized carbons (Fsp3) is 0.133. The predicted octanol–water partition coefficient (Wildman–Crippen LogP) is 3.09. The molecule has 3 rings (SSSR count).